The zero-order valence-corrected chi connectivity index (χ0v) is 15.7. The molecule has 3 aromatic carbocycles. The second kappa shape index (κ2) is 6.41. The smallest absolute Gasteiger partial charge is 0.259 e. The Kier molecular flexibility index (Phi) is 3.86. The number of aryl methyl sites for hydroxylation is 4. The van der Waals surface area contributed by atoms with Crippen LogP contribution in [0.5, 0.6) is 0 Å². The number of ketones is 1. The van der Waals surface area contributed by atoms with Gasteiger partial charge in [0.25, 0.3) is 5.56 Å². The van der Waals surface area contributed by atoms with Gasteiger partial charge in [-0.3, -0.25) is 9.59 Å². The lowest BCUT2D eigenvalue weighted by atomic mass is 9.97. The molecular weight excluding hydrogens is 348 g/mol. The first-order valence-electron chi connectivity index (χ1n) is 9.66. The summed E-state index contributed by atoms with van der Waals surface area (Å²) in [7, 11) is 0. The van der Waals surface area contributed by atoms with Gasteiger partial charge in [-0.1, -0.05) is 42.5 Å². The molecule has 28 heavy (non-hydrogen) atoms. The Balaban J connectivity index is 1.49. The number of aromatic nitrogens is 2. The molecule has 0 saturated heterocycles. The van der Waals surface area contributed by atoms with Crippen LogP contribution in [0.1, 0.15) is 39.3 Å². The van der Waals surface area contributed by atoms with Crippen LogP contribution >= 0.6 is 0 Å². The summed E-state index contributed by atoms with van der Waals surface area (Å²) in [5, 5.41) is 2.65. The van der Waals surface area contributed by atoms with E-state index in [0.29, 0.717) is 17.6 Å². The summed E-state index contributed by atoms with van der Waals surface area (Å²) in [5.74, 6) is 0.889. The Hall–Kier alpha value is -3.27. The van der Waals surface area contributed by atoms with Crippen molar-refractivity contribution in [3.8, 4) is 0 Å². The largest absolute Gasteiger partial charge is 0.310 e. The molecule has 4 heteroatoms. The first-order valence-corrected chi connectivity index (χ1v) is 9.66. The van der Waals surface area contributed by atoms with Gasteiger partial charge in [-0.25, -0.2) is 4.98 Å². The van der Waals surface area contributed by atoms with Crippen molar-refractivity contribution in [1.29, 1.82) is 0 Å². The predicted molar refractivity (Wildman–Crippen MR) is 111 cm³/mol. The van der Waals surface area contributed by atoms with Crippen molar-refractivity contribution < 1.29 is 4.79 Å². The van der Waals surface area contributed by atoms with Crippen LogP contribution in [0.2, 0.25) is 0 Å². The van der Waals surface area contributed by atoms with Gasteiger partial charge in [0.2, 0.25) is 0 Å². The summed E-state index contributed by atoms with van der Waals surface area (Å²) in [6.07, 6.45) is 3.29. The van der Waals surface area contributed by atoms with Crippen LogP contribution in [-0.4, -0.2) is 15.8 Å². The second-order valence-electron chi connectivity index (χ2n) is 7.58. The summed E-state index contributed by atoms with van der Waals surface area (Å²) >= 11 is 0. The molecule has 1 aliphatic carbocycles. The van der Waals surface area contributed by atoms with Gasteiger partial charge in [-0.15, -0.1) is 0 Å². The van der Waals surface area contributed by atoms with Crippen molar-refractivity contribution in [2.75, 3.05) is 0 Å². The van der Waals surface area contributed by atoms with Crippen LogP contribution in [-0.2, 0) is 19.3 Å². The number of rotatable bonds is 3. The number of carbonyl (C=O) groups is 1. The Morgan fingerprint density at radius 1 is 0.929 bits per heavy atom. The molecule has 1 aromatic heterocycles. The number of hydrogen-bond donors (Lipinski definition) is 1. The number of aromatic amines is 1. The van der Waals surface area contributed by atoms with Gasteiger partial charge < -0.3 is 4.98 Å². The first kappa shape index (κ1) is 16.9. The number of Topliss-reactive ketones (excluding diaryl/α,β-unsaturated/α-hetero) is 1. The second-order valence-corrected chi connectivity index (χ2v) is 7.58. The maximum Gasteiger partial charge on any atom is 0.259 e. The molecule has 0 unspecified atom stereocenters. The monoisotopic (exact) mass is 368 g/mol. The molecule has 4 aromatic rings. The molecule has 0 bridgehead atoms. The molecule has 0 spiro atoms. The number of hydrogen-bond acceptors (Lipinski definition) is 3. The van der Waals surface area contributed by atoms with Gasteiger partial charge in [0.1, 0.15) is 5.82 Å². The van der Waals surface area contributed by atoms with E-state index in [1.54, 1.807) is 6.92 Å². The van der Waals surface area contributed by atoms with Gasteiger partial charge >= 0.3 is 0 Å². The molecule has 1 aliphatic rings. The zero-order chi connectivity index (χ0) is 19.3. The SMILES string of the molecule is Cc1nc2ccc3ccc(CCc4ccc5c(c4)CCC5=O)cc3c2c(=O)[nH]1. The van der Waals surface area contributed by atoms with Crippen molar-refractivity contribution in [2.45, 2.75) is 32.6 Å². The van der Waals surface area contributed by atoms with Crippen molar-refractivity contribution >= 4 is 27.5 Å². The van der Waals surface area contributed by atoms with Crippen LogP contribution < -0.4 is 5.56 Å². The number of benzene rings is 3. The Bertz CT molecular complexity index is 1320. The number of H-pyrrole nitrogens is 1. The predicted octanol–water partition coefficient (Wildman–Crippen LogP) is 4.30. The fraction of sp³-hybridized carbons (Fsp3) is 0.208. The van der Waals surface area contributed by atoms with Crippen LogP contribution in [0.4, 0.5) is 0 Å². The first-order chi connectivity index (χ1) is 13.6. The van der Waals surface area contributed by atoms with Gasteiger partial charge in [-0.05, 0) is 59.7 Å². The molecule has 5 rings (SSSR count). The minimum absolute atomic E-state index is 0.0893. The topological polar surface area (TPSA) is 62.8 Å². The lowest BCUT2D eigenvalue weighted by Crippen LogP contribution is -2.10. The maximum atomic E-state index is 12.5. The van der Waals surface area contributed by atoms with E-state index in [2.05, 4.69) is 40.3 Å². The highest BCUT2D eigenvalue weighted by atomic mass is 16.1. The summed E-state index contributed by atoms with van der Waals surface area (Å²) in [5.41, 5.74) is 5.16. The molecule has 1 heterocycles. The maximum absolute atomic E-state index is 12.5. The lowest BCUT2D eigenvalue weighted by molar-refractivity contribution is 0.0994. The van der Waals surface area contributed by atoms with E-state index in [9.17, 15) is 9.59 Å². The van der Waals surface area contributed by atoms with Gasteiger partial charge in [0, 0.05) is 12.0 Å². The van der Waals surface area contributed by atoms with Crippen molar-refractivity contribution in [1.82, 2.24) is 9.97 Å². The summed E-state index contributed by atoms with van der Waals surface area (Å²) in [6.45, 7) is 1.80. The standard InChI is InChI=1S/C24H20N2O2/c1-14-25-21-10-7-17-6-4-16(13-20(17)23(21)24(28)26-14)3-2-15-5-9-19-18(12-15)8-11-22(19)27/h4-7,9-10,12-13H,2-3,8,11H2,1H3,(H,25,26,28). The fourth-order valence-electron chi connectivity index (χ4n) is 4.23. The Morgan fingerprint density at radius 2 is 1.68 bits per heavy atom. The average molecular weight is 368 g/mol. The number of fused-ring (bicyclic) bond motifs is 4. The number of carbonyl (C=O) groups excluding carboxylic acids is 1. The summed E-state index contributed by atoms with van der Waals surface area (Å²) in [4.78, 5) is 31.6. The molecule has 4 nitrogen and oxygen atoms in total. The molecule has 0 amide bonds. The van der Waals surface area contributed by atoms with Gasteiger partial charge in [-0.2, -0.15) is 0 Å². The van der Waals surface area contributed by atoms with Crippen LogP contribution in [0.3, 0.4) is 0 Å². The van der Waals surface area contributed by atoms with E-state index in [-0.39, 0.29) is 11.3 Å². The Labute approximate surface area is 162 Å². The van der Waals surface area contributed by atoms with Crippen molar-refractivity contribution in [3.05, 3.63) is 87.0 Å². The van der Waals surface area contributed by atoms with Gasteiger partial charge in [0.05, 0.1) is 10.9 Å². The average Bonchev–Trinajstić information content (AvgIpc) is 3.06. The number of nitrogens with one attached hydrogen (secondary N) is 1. The molecule has 0 aliphatic heterocycles. The van der Waals surface area contributed by atoms with E-state index in [1.807, 2.05) is 18.2 Å². The minimum atomic E-state index is -0.0893. The van der Waals surface area contributed by atoms with E-state index in [0.717, 1.165) is 41.1 Å². The molecule has 0 radical (unpaired) electrons. The molecule has 0 saturated carbocycles. The minimum Gasteiger partial charge on any atom is -0.310 e. The lowest BCUT2D eigenvalue weighted by Gasteiger charge is -2.08. The molecular formula is C24H20N2O2. The van der Waals surface area contributed by atoms with Crippen LogP contribution in [0.15, 0.2) is 53.3 Å². The molecule has 138 valence electrons. The fourth-order valence-corrected chi connectivity index (χ4v) is 4.23. The van der Waals surface area contributed by atoms with Crippen molar-refractivity contribution in [2.24, 2.45) is 0 Å². The normalized spacial score (nSPS) is 13.4. The molecule has 1 N–H and O–H groups in total. The van der Waals surface area contributed by atoms with Crippen LogP contribution in [0, 0.1) is 6.92 Å². The highest BCUT2D eigenvalue weighted by Crippen LogP contribution is 2.25. The third kappa shape index (κ3) is 2.82. The third-order valence-electron chi connectivity index (χ3n) is 5.67. The molecule has 0 fully saturated rings. The Morgan fingerprint density at radius 3 is 2.54 bits per heavy atom. The number of nitrogens with zero attached hydrogens (tertiary/aromatic N) is 1. The third-order valence-corrected chi connectivity index (χ3v) is 5.67. The highest BCUT2D eigenvalue weighted by Gasteiger charge is 2.19. The molecule has 0 atom stereocenters. The summed E-state index contributed by atoms with van der Waals surface area (Å²) in [6, 6.07) is 16.5. The quantitative estimate of drug-likeness (QED) is 0.549. The van der Waals surface area contributed by atoms with E-state index < -0.39 is 0 Å². The van der Waals surface area contributed by atoms with Gasteiger partial charge in [0.15, 0.2) is 5.78 Å². The summed E-state index contributed by atoms with van der Waals surface area (Å²) < 4.78 is 0. The van der Waals surface area contributed by atoms with E-state index >= 15 is 0 Å². The van der Waals surface area contributed by atoms with Crippen molar-refractivity contribution in [3.63, 3.8) is 0 Å². The van der Waals surface area contributed by atoms with E-state index in [4.69, 9.17) is 0 Å². The zero-order valence-electron chi connectivity index (χ0n) is 15.7. The van der Waals surface area contributed by atoms with Crippen LogP contribution in [0.25, 0.3) is 21.7 Å². The van der Waals surface area contributed by atoms with E-state index in [1.165, 1.54) is 16.7 Å². The highest BCUT2D eigenvalue weighted by molar-refractivity contribution is 6.05.